The molecule has 11 nitrogen and oxygen atoms in total. The highest BCUT2D eigenvalue weighted by molar-refractivity contribution is 6.06. The number of carboxylic acid groups (broad SMARTS) is 1. The highest BCUT2D eigenvalue weighted by Gasteiger charge is 2.40. The van der Waals surface area contributed by atoms with E-state index in [4.69, 9.17) is 5.11 Å². The molecule has 4 N–H and O–H groups in total. The number of benzene rings is 1. The summed E-state index contributed by atoms with van der Waals surface area (Å²) in [5.74, 6) is -3.24. The molecular weight excluding hydrogens is 444 g/mol. The molecule has 0 radical (unpaired) electrons. The second-order valence-electron chi connectivity index (χ2n) is 8.11. The first-order valence-electron chi connectivity index (χ1n) is 10.8. The maximum atomic E-state index is 13.3. The summed E-state index contributed by atoms with van der Waals surface area (Å²) in [6.07, 6.45) is 0.716. The van der Waals surface area contributed by atoms with Gasteiger partial charge >= 0.3 is 5.97 Å². The molecule has 0 spiro atoms. The van der Waals surface area contributed by atoms with E-state index in [9.17, 15) is 29.1 Å². The Bertz CT molecular complexity index is 1100. The van der Waals surface area contributed by atoms with Crippen LogP contribution in [0.1, 0.15) is 36.7 Å². The van der Waals surface area contributed by atoms with Gasteiger partial charge in [0.05, 0.1) is 18.6 Å². The number of hydrogen-bond acceptors (Lipinski definition) is 7. The Morgan fingerprint density at radius 1 is 1.21 bits per heavy atom. The van der Waals surface area contributed by atoms with Crippen molar-refractivity contribution >= 4 is 40.7 Å². The number of aliphatic carboxylic acids is 1. The third-order valence-corrected chi connectivity index (χ3v) is 5.65. The van der Waals surface area contributed by atoms with Crippen LogP contribution >= 0.6 is 0 Å². The van der Waals surface area contributed by atoms with Gasteiger partial charge in [0.15, 0.2) is 0 Å². The highest BCUT2D eigenvalue weighted by Crippen LogP contribution is 2.21. The minimum atomic E-state index is -1.34. The van der Waals surface area contributed by atoms with Gasteiger partial charge in [-0.05, 0) is 31.2 Å². The number of likely N-dealkylation sites (tertiary alicyclic amines) is 1. The van der Waals surface area contributed by atoms with Gasteiger partial charge in [0.25, 0.3) is 5.91 Å². The van der Waals surface area contributed by atoms with Crippen LogP contribution in [0.5, 0.6) is 0 Å². The fourth-order valence-electron chi connectivity index (χ4n) is 3.98. The monoisotopic (exact) mass is 470 g/mol. The zero-order valence-corrected chi connectivity index (χ0v) is 18.5. The Hall–Kier alpha value is -3.86. The van der Waals surface area contributed by atoms with E-state index < -0.39 is 54.3 Å². The molecule has 0 aliphatic carbocycles. The maximum absolute atomic E-state index is 13.3. The molecule has 180 valence electrons. The van der Waals surface area contributed by atoms with Crippen LogP contribution in [0, 0.1) is 0 Å². The summed E-state index contributed by atoms with van der Waals surface area (Å²) in [4.78, 5) is 66.2. The first-order chi connectivity index (χ1) is 16.2. The van der Waals surface area contributed by atoms with Crippen molar-refractivity contribution in [3.63, 3.8) is 0 Å². The molecule has 34 heavy (non-hydrogen) atoms. The summed E-state index contributed by atoms with van der Waals surface area (Å²) >= 11 is 0. The van der Waals surface area contributed by atoms with Crippen molar-refractivity contribution < 1.29 is 34.2 Å². The van der Waals surface area contributed by atoms with E-state index in [0.29, 0.717) is 24.5 Å². The topological polar surface area (TPSA) is 166 Å². The number of aliphatic hydroxyl groups is 1. The predicted molar refractivity (Wildman–Crippen MR) is 120 cm³/mol. The lowest BCUT2D eigenvalue weighted by Gasteiger charge is -2.30. The lowest BCUT2D eigenvalue weighted by Crippen LogP contribution is -2.57. The molecule has 2 aromatic rings. The summed E-state index contributed by atoms with van der Waals surface area (Å²) in [5.41, 5.74) is 0.0924. The number of hydrogen-bond donors (Lipinski definition) is 4. The SMILES string of the molecule is C[C@@H](O)[C@H](NC(=O)c1nccc2ccccc12)C(=O)N1CCC[C@H]1C(=O)N[C@H](C=O)CC(=O)O. The normalized spacial score (nSPS) is 18.1. The lowest BCUT2D eigenvalue weighted by atomic mass is 10.1. The van der Waals surface area contributed by atoms with Gasteiger partial charge in [-0.2, -0.15) is 0 Å². The van der Waals surface area contributed by atoms with Gasteiger partial charge in [0, 0.05) is 18.1 Å². The van der Waals surface area contributed by atoms with E-state index in [0.717, 1.165) is 5.39 Å². The van der Waals surface area contributed by atoms with Crippen LogP contribution in [0.4, 0.5) is 0 Å². The largest absolute Gasteiger partial charge is 0.481 e. The van der Waals surface area contributed by atoms with E-state index in [2.05, 4.69) is 15.6 Å². The molecule has 1 aromatic carbocycles. The zero-order valence-electron chi connectivity index (χ0n) is 18.5. The Kier molecular flexibility index (Phi) is 7.90. The summed E-state index contributed by atoms with van der Waals surface area (Å²) in [6, 6.07) is 5.31. The molecule has 3 amide bonds. The number of aliphatic hydroxyl groups excluding tert-OH is 1. The van der Waals surface area contributed by atoms with Crippen molar-refractivity contribution in [2.75, 3.05) is 6.54 Å². The van der Waals surface area contributed by atoms with Crippen molar-refractivity contribution in [1.82, 2.24) is 20.5 Å². The number of nitrogens with zero attached hydrogens (tertiary/aromatic N) is 2. The third-order valence-electron chi connectivity index (χ3n) is 5.65. The van der Waals surface area contributed by atoms with Crippen molar-refractivity contribution in [3.05, 3.63) is 42.2 Å². The fraction of sp³-hybridized carbons (Fsp3) is 0.391. The molecule has 0 bridgehead atoms. The maximum Gasteiger partial charge on any atom is 0.305 e. The van der Waals surface area contributed by atoms with Crippen LogP contribution in [0.25, 0.3) is 10.8 Å². The molecule has 11 heteroatoms. The average molecular weight is 470 g/mol. The first-order valence-corrected chi connectivity index (χ1v) is 10.8. The minimum absolute atomic E-state index is 0.0924. The molecule has 1 aliphatic heterocycles. The van der Waals surface area contributed by atoms with Gasteiger partial charge in [-0.25, -0.2) is 0 Å². The van der Waals surface area contributed by atoms with E-state index in [1.165, 1.54) is 18.0 Å². The van der Waals surface area contributed by atoms with Crippen molar-refractivity contribution in [3.8, 4) is 0 Å². The number of carbonyl (C=O) groups is 5. The number of rotatable bonds is 9. The number of aromatic nitrogens is 1. The second-order valence-corrected chi connectivity index (χ2v) is 8.11. The van der Waals surface area contributed by atoms with Crippen LogP contribution in [-0.4, -0.2) is 80.8 Å². The van der Waals surface area contributed by atoms with Gasteiger partial charge in [0.1, 0.15) is 24.1 Å². The summed E-state index contributed by atoms with van der Waals surface area (Å²) < 4.78 is 0. The second kappa shape index (κ2) is 10.8. The zero-order chi connectivity index (χ0) is 24.8. The third kappa shape index (κ3) is 5.54. The van der Waals surface area contributed by atoms with Gasteiger partial charge < -0.3 is 30.5 Å². The molecule has 0 unspecified atom stereocenters. The molecular formula is C23H26N4O7. The van der Waals surface area contributed by atoms with Gasteiger partial charge in [-0.15, -0.1) is 0 Å². The van der Waals surface area contributed by atoms with E-state index in [-0.39, 0.29) is 12.2 Å². The quantitative estimate of drug-likeness (QED) is 0.368. The predicted octanol–water partition coefficient (Wildman–Crippen LogP) is -0.137. The van der Waals surface area contributed by atoms with E-state index >= 15 is 0 Å². The number of pyridine rings is 1. The molecule has 1 saturated heterocycles. The van der Waals surface area contributed by atoms with Crippen LogP contribution in [0.2, 0.25) is 0 Å². The first kappa shape index (κ1) is 24.8. The summed E-state index contributed by atoms with van der Waals surface area (Å²) in [5, 5.41) is 25.4. The molecule has 1 aliphatic rings. The molecule has 2 heterocycles. The number of carboxylic acids is 1. The fourth-order valence-corrected chi connectivity index (χ4v) is 3.98. The number of amides is 3. The van der Waals surface area contributed by atoms with Crippen LogP contribution in [-0.2, 0) is 19.2 Å². The molecule has 4 atom stereocenters. The van der Waals surface area contributed by atoms with Crippen molar-refractivity contribution in [2.45, 2.75) is 50.4 Å². The minimum Gasteiger partial charge on any atom is -0.481 e. The molecule has 0 saturated carbocycles. The lowest BCUT2D eigenvalue weighted by molar-refractivity contribution is -0.143. The number of fused-ring (bicyclic) bond motifs is 1. The molecule has 1 aromatic heterocycles. The highest BCUT2D eigenvalue weighted by atomic mass is 16.4. The Morgan fingerprint density at radius 2 is 1.94 bits per heavy atom. The van der Waals surface area contributed by atoms with Crippen molar-refractivity contribution in [2.24, 2.45) is 0 Å². The number of nitrogens with one attached hydrogen (secondary N) is 2. The van der Waals surface area contributed by atoms with E-state index in [1.54, 1.807) is 18.2 Å². The van der Waals surface area contributed by atoms with Crippen LogP contribution in [0.15, 0.2) is 36.5 Å². The smallest absolute Gasteiger partial charge is 0.305 e. The van der Waals surface area contributed by atoms with E-state index in [1.807, 2.05) is 12.1 Å². The molecule has 3 rings (SSSR count). The van der Waals surface area contributed by atoms with Gasteiger partial charge in [0.2, 0.25) is 11.8 Å². The molecule has 1 fully saturated rings. The Balaban J connectivity index is 1.76. The number of carbonyl (C=O) groups excluding carboxylic acids is 4. The summed E-state index contributed by atoms with van der Waals surface area (Å²) in [7, 11) is 0. The van der Waals surface area contributed by atoms with Crippen molar-refractivity contribution in [1.29, 1.82) is 0 Å². The standard InChI is InChI=1S/C23H26N4O7/c1-13(29)19(26-22(33)20-16-6-3-2-5-14(16)8-9-24-20)23(34)27-10-4-7-17(27)21(32)25-15(12-28)11-18(30)31/h2-3,5-6,8-9,12-13,15,17,19,29H,4,7,10-11H2,1H3,(H,25,32)(H,26,33)(H,30,31)/t13-,15+,17+,19+/m1/s1. The Labute approximate surface area is 195 Å². The van der Waals surface area contributed by atoms with Gasteiger partial charge in [-0.3, -0.25) is 24.2 Å². The average Bonchev–Trinajstić information content (AvgIpc) is 3.30. The summed E-state index contributed by atoms with van der Waals surface area (Å²) in [6.45, 7) is 1.55. The van der Waals surface area contributed by atoms with Crippen LogP contribution in [0.3, 0.4) is 0 Å². The Morgan fingerprint density at radius 3 is 2.62 bits per heavy atom. The van der Waals surface area contributed by atoms with Gasteiger partial charge in [-0.1, -0.05) is 24.3 Å². The number of aldehydes is 1. The van der Waals surface area contributed by atoms with Crippen LogP contribution < -0.4 is 10.6 Å².